The lowest BCUT2D eigenvalue weighted by Crippen LogP contribution is -2.49. The molecule has 0 atom stereocenters. The number of para-hydroxylation sites is 1. The molecule has 0 spiro atoms. The van der Waals surface area contributed by atoms with Gasteiger partial charge >= 0.3 is 6.09 Å². The molecule has 29 heavy (non-hydrogen) atoms. The Morgan fingerprint density at radius 3 is 2.52 bits per heavy atom. The number of rotatable bonds is 3. The van der Waals surface area contributed by atoms with Crippen molar-refractivity contribution in [2.45, 2.75) is 6.92 Å². The van der Waals surface area contributed by atoms with Crippen LogP contribution in [-0.2, 0) is 4.74 Å². The van der Waals surface area contributed by atoms with Crippen molar-refractivity contribution < 1.29 is 18.3 Å². The number of hydrogen-bond acceptors (Lipinski definition) is 5. The van der Waals surface area contributed by atoms with Crippen LogP contribution in [0.25, 0.3) is 22.3 Å². The summed E-state index contributed by atoms with van der Waals surface area (Å²) in [6.45, 7) is 4.30. The third-order valence-corrected chi connectivity index (χ3v) is 4.87. The number of halogens is 2. The number of piperazine rings is 1. The van der Waals surface area contributed by atoms with E-state index in [0.717, 1.165) is 17.5 Å². The minimum atomic E-state index is -0.941. The number of aromatic nitrogens is 2. The molecule has 2 heterocycles. The molecule has 150 valence electrons. The molecule has 8 heteroatoms. The van der Waals surface area contributed by atoms with E-state index in [9.17, 15) is 13.6 Å². The maximum Gasteiger partial charge on any atom is 0.409 e. The van der Waals surface area contributed by atoms with Crippen molar-refractivity contribution in [3.63, 3.8) is 0 Å². The predicted molar refractivity (Wildman–Crippen MR) is 106 cm³/mol. The summed E-state index contributed by atoms with van der Waals surface area (Å²) in [7, 11) is 0. The highest BCUT2D eigenvalue weighted by atomic mass is 19.2. The topological polar surface area (TPSA) is 58.6 Å². The molecule has 1 saturated heterocycles. The summed E-state index contributed by atoms with van der Waals surface area (Å²) in [5, 5.41) is 0.864. The monoisotopic (exact) mass is 398 g/mol. The lowest BCUT2D eigenvalue weighted by atomic mass is 10.1. The van der Waals surface area contributed by atoms with Gasteiger partial charge in [-0.25, -0.2) is 23.5 Å². The molecule has 4 rings (SSSR count). The number of benzene rings is 2. The van der Waals surface area contributed by atoms with Crippen LogP contribution in [0.15, 0.2) is 42.5 Å². The SMILES string of the molecule is CCOC(=O)N1CCN(c2nc(-c3ccc(F)c(F)c3)nc3ccccc23)CC1. The quantitative estimate of drug-likeness (QED) is 0.671. The summed E-state index contributed by atoms with van der Waals surface area (Å²) in [5.74, 6) is -0.821. The number of fused-ring (bicyclic) bond motifs is 1. The Bertz CT molecular complexity index is 1050. The fourth-order valence-electron chi connectivity index (χ4n) is 3.38. The largest absolute Gasteiger partial charge is 0.450 e. The molecule has 1 aliphatic heterocycles. The molecular weight excluding hydrogens is 378 g/mol. The Morgan fingerprint density at radius 2 is 1.79 bits per heavy atom. The minimum Gasteiger partial charge on any atom is -0.450 e. The van der Waals surface area contributed by atoms with Gasteiger partial charge in [0, 0.05) is 37.1 Å². The number of anilines is 1. The van der Waals surface area contributed by atoms with Gasteiger partial charge in [0.05, 0.1) is 12.1 Å². The van der Waals surface area contributed by atoms with Crippen LogP contribution in [0.2, 0.25) is 0 Å². The normalized spacial score (nSPS) is 14.3. The molecule has 1 aliphatic rings. The van der Waals surface area contributed by atoms with Gasteiger partial charge in [0.15, 0.2) is 17.5 Å². The van der Waals surface area contributed by atoms with E-state index in [1.165, 1.54) is 6.07 Å². The average molecular weight is 398 g/mol. The fraction of sp³-hybridized carbons (Fsp3) is 0.286. The van der Waals surface area contributed by atoms with Gasteiger partial charge < -0.3 is 14.5 Å². The average Bonchev–Trinajstić information content (AvgIpc) is 2.75. The number of carbonyl (C=O) groups excluding carboxylic acids is 1. The molecule has 0 N–H and O–H groups in total. The summed E-state index contributed by atoms with van der Waals surface area (Å²) in [6.07, 6.45) is -0.317. The number of ether oxygens (including phenoxy) is 1. The second-order valence-electron chi connectivity index (χ2n) is 6.69. The van der Waals surface area contributed by atoms with Gasteiger partial charge in [-0.15, -0.1) is 0 Å². The van der Waals surface area contributed by atoms with Crippen LogP contribution in [0, 0.1) is 11.6 Å². The molecule has 0 aliphatic carbocycles. The smallest absolute Gasteiger partial charge is 0.409 e. The Kier molecular flexibility index (Phi) is 5.24. The number of hydrogen-bond donors (Lipinski definition) is 0. The lowest BCUT2D eigenvalue weighted by Gasteiger charge is -2.35. The lowest BCUT2D eigenvalue weighted by molar-refractivity contribution is 0.105. The van der Waals surface area contributed by atoms with Crippen molar-refractivity contribution in [1.82, 2.24) is 14.9 Å². The molecule has 3 aromatic rings. The van der Waals surface area contributed by atoms with E-state index in [1.807, 2.05) is 24.3 Å². The first-order chi connectivity index (χ1) is 14.1. The fourth-order valence-corrected chi connectivity index (χ4v) is 3.38. The Balaban J connectivity index is 1.69. The van der Waals surface area contributed by atoms with Gasteiger partial charge in [-0.2, -0.15) is 0 Å². The number of nitrogens with zero attached hydrogens (tertiary/aromatic N) is 4. The summed E-state index contributed by atoms with van der Waals surface area (Å²) >= 11 is 0. The summed E-state index contributed by atoms with van der Waals surface area (Å²) < 4.78 is 32.1. The maximum absolute atomic E-state index is 13.7. The third kappa shape index (κ3) is 3.83. The minimum absolute atomic E-state index is 0.317. The Hall–Kier alpha value is -3.29. The van der Waals surface area contributed by atoms with E-state index in [-0.39, 0.29) is 6.09 Å². The second kappa shape index (κ2) is 7.98. The van der Waals surface area contributed by atoms with Gasteiger partial charge in [-0.05, 0) is 37.3 Å². The molecule has 1 amide bonds. The maximum atomic E-state index is 13.7. The van der Waals surface area contributed by atoms with E-state index < -0.39 is 11.6 Å². The molecule has 1 aromatic heterocycles. The first kappa shape index (κ1) is 19.0. The Morgan fingerprint density at radius 1 is 1.03 bits per heavy atom. The van der Waals surface area contributed by atoms with Crippen molar-refractivity contribution >= 4 is 22.8 Å². The molecule has 0 unspecified atom stereocenters. The molecule has 0 saturated carbocycles. The number of amides is 1. The van der Waals surface area contributed by atoms with Crippen LogP contribution in [0.4, 0.5) is 19.4 Å². The third-order valence-electron chi connectivity index (χ3n) is 4.87. The summed E-state index contributed by atoms with van der Waals surface area (Å²) in [5.41, 5.74) is 1.12. The predicted octanol–water partition coefficient (Wildman–Crippen LogP) is 3.85. The van der Waals surface area contributed by atoms with Crippen LogP contribution in [0.3, 0.4) is 0 Å². The van der Waals surface area contributed by atoms with Gasteiger partial charge in [0.1, 0.15) is 5.82 Å². The second-order valence-corrected chi connectivity index (χ2v) is 6.69. The van der Waals surface area contributed by atoms with E-state index in [4.69, 9.17) is 4.74 Å². The van der Waals surface area contributed by atoms with E-state index in [2.05, 4.69) is 14.9 Å². The van der Waals surface area contributed by atoms with Crippen molar-refractivity contribution in [2.75, 3.05) is 37.7 Å². The van der Waals surface area contributed by atoms with Gasteiger partial charge in [-0.3, -0.25) is 0 Å². The van der Waals surface area contributed by atoms with Crippen molar-refractivity contribution in [3.8, 4) is 11.4 Å². The summed E-state index contributed by atoms with van der Waals surface area (Å²) in [4.78, 5) is 24.9. The zero-order chi connectivity index (χ0) is 20.4. The van der Waals surface area contributed by atoms with Crippen LogP contribution in [0.1, 0.15) is 6.92 Å². The van der Waals surface area contributed by atoms with Gasteiger partial charge in [0.25, 0.3) is 0 Å². The zero-order valence-corrected chi connectivity index (χ0v) is 15.9. The molecule has 0 radical (unpaired) electrons. The molecule has 1 fully saturated rings. The molecular formula is C21H20F2N4O2. The van der Waals surface area contributed by atoms with Crippen molar-refractivity contribution in [2.24, 2.45) is 0 Å². The highest BCUT2D eigenvalue weighted by molar-refractivity contribution is 5.91. The van der Waals surface area contributed by atoms with Crippen molar-refractivity contribution in [3.05, 3.63) is 54.1 Å². The zero-order valence-electron chi connectivity index (χ0n) is 15.9. The van der Waals surface area contributed by atoms with E-state index in [0.29, 0.717) is 55.5 Å². The standard InChI is InChI=1S/C21H20F2N4O2/c1-2-29-21(28)27-11-9-26(10-12-27)20-15-5-3-4-6-18(15)24-19(25-20)14-7-8-16(22)17(23)13-14/h3-8,13H,2,9-12H2,1H3. The Labute approximate surface area is 166 Å². The highest BCUT2D eigenvalue weighted by Gasteiger charge is 2.24. The molecule has 6 nitrogen and oxygen atoms in total. The van der Waals surface area contributed by atoms with Crippen LogP contribution in [0.5, 0.6) is 0 Å². The van der Waals surface area contributed by atoms with Crippen LogP contribution in [-0.4, -0.2) is 53.7 Å². The number of carbonyl (C=O) groups is 1. The first-order valence-electron chi connectivity index (χ1n) is 9.45. The van der Waals surface area contributed by atoms with Crippen LogP contribution < -0.4 is 4.90 Å². The van der Waals surface area contributed by atoms with Crippen molar-refractivity contribution in [1.29, 1.82) is 0 Å². The molecule has 0 bridgehead atoms. The van der Waals surface area contributed by atoms with Crippen LogP contribution >= 0.6 is 0 Å². The van der Waals surface area contributed by atoms with Gasteiger partial charge in [0.2, 0.25) is 0 Å². The van der Waals surface area contributed by atoms with E-state index in [1.54, 1.807) is 11.8 Å². The van der Waals surface area contributed by atoms with E-state index >= 15 is 0 Å². The highest BCUT2D eigenvalue weighted by Crippen LogP contribution is 2.29. The summed E-state index contributed by atoms with van der Waals surface area (Å²) in [6, 6.07) is 11.2. The van der Waals surface area contributed by atoms with Gasteiger partial charge in [-0.1, -0.05) is 12.1 Å². The first-order valence-corrected chi connectivity index (χ1v) is 9.45. The molecule has 2 aromatic carbocycles.